The topological polar surface area (TPSA) is 30.7 Å². The molecule has 3 nitrogen and oxygen atoms in total. The molecule has 0 amide bonds. The largest absolute Gasteiger partial charge is 0.328 e. The third-order valence-electron chi connectivity index (χ3n) is 3.04. The van der Waals surface area contributed by atoms with E-state index in [4.69, 9.17) is 11.6 Å². The molecule has 0 aliphatic rings. The maximum Gasteiger partial charge on any atom is 0.115 e. The minimum Gasteiger partial charge on any atom is -0.328 e. The first-order valence-electron chi connectivity index (χ1n) is 5.62. The number of hydrogen-bond donors (Lipinski definition) is 0. The minimum absolute atomic E-state index is 0.656. The molecule has 0 saturated heterocycles. The Kier molecular flexibility index (Phi) is 2.30. The molecule has 3 rings (SSSR count). The summed E-state index contributed by atoms with van der Waals surface area (Å²) in [7, 11) is 0. The minimum atomic E-state index is 0.656. The number of hydrogen-bond acceptors (Lipinski definition) is 2. The summed E-state index contributed by atoms with van der Waals surface area (Å²) >= 11 is 5.95. The Balaban J connectivity index is 2.48. The number of benzene rings is 1. The van der Waals surface area contributed by atoms with Gasteiger partial charge in [0.05, 0.1) is 16.1 Å². The Morgan fingerprint density at radius 3 is 2.88 bits per heavy atom. The van der Waals surface area contributed by atoms with Gasteiger partial charge >= 0.3 is 0 Å². The lowest BCUT2D eigenvalue weighted by Crippen LogP contribution is -1.95. The maximum absolute atomic E-state index is 5.95. The van der Waals surface area contributed by atoms with Crippen molar-refractivity contribution in [1.82, 2.24) is 14.5 Å². The van der Waals surface area contributed by atoms with Gasteiger partial charge in [0.2, 0.25) is 0 Å². The number of halogens is 1. The lowest BCUT2D eigenvalue weighted by molar-refractivity contribution is 0.753. The van der Waals surface area contributed by atoms with Gasteiger partial charge in [-0.15, -0.1) is 0 Å². The number of pyridine rings is 1. The molecule has 0 unspecified atom stereocenters. The van der Waals surface area contributed by atoms with Gasteiger partial charge in [0.15, 0.2) is 0 Å². The van der Waals surface area contributed by atoms with Crippen molar-refractivity contribution in [2.45, 2.75) is 20.4 Å². The fourth-order valence-corrected chi connectivity index (χ4v) is 2.44. The molecular weight excluding hydrogens is 234 g/mol. The predicted octanol–water partition coefficient (Wildman–Crippen LogP) is 3.57. The molecule has 0 saturated carbocycles. The average Bonchev–Trinajstić information content (AvgIpc) is 2.64. The van der Waals surface area contributed by atoms with Crippen LogP contribution in [0.4, 0.5) is 0 Å². The Bertz CT molecular complexity index is 715. The lowest BCUT2D eigenvalue weighted by atomic mass is 10.2. The Morgan fingerprint density at radius 1 is 1.29 bits per heavy atom. The first-order valence-corrected chi connectivity index (χ1v) is 5.99. The quantitative estimate of drug-likeness (QED) is 0.656. The van der Waals surface area contributed by atoms with Crippen molar-refractivity contribution < 1.29 is 0 Å². The molecule has 3 aromatic rings. The molecule has 0 atom stereocenters. The highest BCUT2D eigenvalue weighted by Gasteiger charge is 2.10. The molecule has 0 radical (unpaired) electrons. The van der Waals surface area contributed by atoms with Gasteiger partial charge in [0, 0.05) is 18.1 Å². The van der Waals surface area contributed by atoms with Crippen LogP contribution in [0.1, 0.15) is 12.7 Å². The standard InChI is InChI=1S/C13H12ClN3/c1-3-17-8(2)16-13-11(17)5-4-9-6-10(14)7-15-12(9)13/h4-7H,3H2,1-2H3. The summed E-state index contributed by atoms with van der Waals surface area (Å²) in [6.07, 6.45) is 1.67. The summed E-state index contributed by atoms with van der Waals surface area (Å²) in [5.41, 5.74) is 3.01. The van der Waals surface area contributed by atoms with Crippen LogP contribution >= 0.6 is 11.6 Å². The van der Waals surface area contributed by atoms with E-state index in [2.05, 4.69) is 27.5 Å². The first-order chi connectivity index (χ1) is 8.20. The van der Waals surface area contributed by atoms with Crippen molar-refractivity contribution in [1.29, 1.82) is 0 Å². The van der Waals surface area contributed by atoms with E-state index in [1.165, 1.54) is 0 Å². The zero-order chi connectivity index (χ0) is 12.0. The summed E-state index contributed by atoms with van der Waals surface area (Å²) in [6.45, 7) is 5.06. The molecular formula is C13H12ClN3. The van der Waals surface area contributed by atoms with Crippen LogP contribution in [-0.2, 0) is 6.54 Å². The molecule has 0 bridgehead atoms. The first kappa shape index (κ1) is 10.5. The third-order valence-corrected chi connectivity index (χ3v) is 3.25. The van der Waals surface area contributed by atoms with Crippen LogP contribution in [0.5, 0.6) is 0 Å². The highest BCUT2D eigenvalue weighted by molar-refractivity contribution is 6.31. The van der Waals surface area contributed by atoms with E-state index in [-0.39, 0.29) is 0 Å². The maximum atomic E-state index is 5.95. The number of aromatic nitrogens is 3. The van der Waals surface area contributed by atoms with E-state index in [1.54, 1.807) is 6.20 Å². The molecule has 2 heterocycles. The van der Waals surface area contributed by atoms with Crippen molar-refractivity contribution in [3.05, 3.63) is 35.2 Å². The van der Waals surface area contributed by atoms with Crippen LogP contribution in [0.25, 0.3) is 21.9 Å². The van der Waals surface area contributed by atoms with Crippen molar-refractivity contribution in [2.75, 3.05) is 0 Å². The van der Waals surface area contributed by atoms with Gasteiger partial charge in [-0.1, -0.05) is 17.7 Å². The van der Waals surface area contributed by atoms with Crippen LogP contribution in [0.15, 0.2) is 24.4 Å². The van der Waals surface area contributed by atoms with E-state index in [0.717, 1.165) is 34.3 Å². The second-order valence-electron chi connectivity index (χ2n) is 4.06. The third kappa shape index (κ3) is 1.50. The Labute approximate surface area is 104 Å². The number of nitrogens with zero attached hydrogens (tertiary/aromatic N) is 3. The summed E-state index contributed by atoms with van der Waals surface area (Å²) < 4.78 is 2.19. The Morgan fingerprint density at radius 2 is 2.12 bits per heavy atom. The molecule has 1 aromatic carbocycles. The number of imidazole rings is 1. The normalized spacial score (nSPS) is 11.5. The number of rotatable bonds is 1. The van der Waals surface area contributed by atoms with Gasteiger partial charge in [0.25, 0.3) is 0 Å². The molecule has 0 spiro atoms. The van der Waals surface area contributed by atoms with Gasteiger partial charge in [-0.2, -0.15) is 0 Å². The van der Waals surface area contributed by atoms with Gasteiger partial charge in [-0.05, 0) is 26.0 Å². The summed E-state index contributed by atoms with van der Waals surface area (Å²) in [4.78, 5) is 8.99. The predicted molar refractivity (Wildman–Crippen MR) is 70.5 cm³/mol. The van der Waals surface area contributed by atoms with Crippen molar-refractivity contribution in [3.63, 3.8) is 0 Å². The zero-order valence-electron chi connectivity index (χ0n) is 9.74. The van der Waals surface area contributed by atoms with Crippen molar-refractivity contribution in [3.8, 4) is 0 Å². The molecule has 4 heteroatoms. The summed E-state index contributed by atoms with van der Waals surface area (Å²) in [5.74, 6) is 1.02. The zero-order valence-corrected chi connectivity index (χ0v) is 10.5. The molecule has 0 aliphatic heterocycles. The average molecular weight is 246 g/mol. The van der Waals surface area contributed by atoms with Crippen LogP contribution in [-0.4, -0.2) is 14.5 Å². The highest BCUT2D eigenvalue weighted by atomic mass is 35.5. The van der Waals surface area contributed by atoms with Crippen molar-refractivity contribution >= 4 is 33.5 Å². The fourth-order valence-electron chi connectivity index (χ4n) is 2.27. The SMILES string of the molecule is CCn1c(C)nc2c3ncc(Cl)cc3ccc21. The summed E-state index contributed by atoms with van der Waals surface area (Å²) in [6, 6.07) is 6.05. The van der Waals surface area contributed by atoms with Gasteiger partial charge in [0.1, 0.15) is 11.3 Å². The second-order valence-corrected chi connectivity index (χ2v) is 4.50. The molecule has 0 fully saturated rings. The molecule has 0 aliphatic carbocycles. The smallest absolute Gasteiger partial charge is 0.115 e. The van der Waals surface area contributed by atoms with Gasteiger partial charge < -0.3 is 4.57 Å². The monoisotopic (exact) mass is 245 g/mol. The number of aryl methyl sites for hydroxylation is 2. The Hall–Kier alpha value is -1.61. The molecule has 17 heavy (non-hydrogen) atoms. The second kappa shape index (κ2) is 3.70. The summed E-state index contributed by atoms with van der Waals surface area (Å²) in [5, 5.41) is 1.69. The molecule has 0 N–H and O–H groups in total. The van der Waals surface area contributed by atoms with Crippen LogP contribution in [0.2, 0.25) is 5.02 Å². The van der Waals surface area contributed by atoms with Gasteiger partial charge in [-0.3, -0.25) is 4.98 Å². The fraction of sp³-hybridized carbons (Fsp3) is 0.231. The van der Waals surface area contributed by atoms with Crippen LogP contribution in [0.3, 0.4) is 0 Å². The van der Waals surface area contributed by atoms with E-state index < -0.39 is 0 Å². The van der Waals surface area contributed by atoms with Crippen LogP contribution < -0.4 is 0 Å². The van der Waals surface area contributed by atoms with Crippen LogP contribution in [0, 0.1) is 6.92 Å². The van der Waals surface area contributed by atoms with E-state index in [0.29, 0.717) is 5.02 Å². The van der Waals surface area contributed by atoms with E-state index in [9.17, 15) is 0 Å². The van der Waals surface area contributed by atoms with E-state index in [1.807, 2.05) is 19.1 Å². The van der Waals surface area contributed by atoms with Crippen molar-refractivity contribution in [2.24, 2.45) is 0 Å². The van der Waals surface area contributed by atoms with E-state index >= 15 is 0 Å². The van der Waals surface area contributed by atoms with Gasteiger partial charge in [-0.25, -0.2) is 4.98 Å². The number of fused-ring (bicyclic) bond motifs is 3. The molecule has 2 aromatic heterocycles. The lowest BCUT2D eigenvalue weighted by Gasteiger charge is -2.02. The molecule has 86 valence electrons. The highest BCUT2D eigenvalue weighted by Crippen LogP contribution is 2.25.